The van der Waals surface area contributed by atoms with Crippen molar-refractivity contribution in [1.82, 2.24) is 9.97 Å². The third-order valence-electron chi connectivity index (χ3n) is 4.81. The summed E-state index contributed by atoms with van der Waals surface area (Å²) in [6.07, 6.45) is 1.51. The van der Waals surface area contributed by atoms with E-state index in [9.17, 15) is 14.9 Å². The zero-order valence-corrected chi connectivity index (χ0v) is 17.1. The van der Waals surface area contributed by atoms with Crippen molar-refractivity contribution < 1.29 is 9.72 Å². The highest BCUT2D eigenvalue weighted by molar-refractivity contribution is 6.04. The van der Waals surface area contributed by atoms with Gasteiger partial charge in [0.15, 0.2) is 0 Å². The van der Waals surface area contributed by atoms with Crippen LogP contribution in [0.1, 0.15) is 15.9 Å². The molecule has 4 rings (SSSR count). The average molecular weight is 425 g/mol. The van der Waals surface area contributed by atoms with Crippen LogP contribution in [0, 0.1) is 17.0 Å². The van der Waals surface area contributed by atoms with Crippen LogP contribution in [0.4, 0.5) is 22.9 Å². The Morgan fingerprint density at radius 3 is 2.31 bits per heavy atom. The molecule has 1 amide bonds. The van der Waals surface area contributed by atoms with Crippen LogP contribution in [0.3, 0.4) is 0 Å². The average Bonchev–Trinajstić information content (AvgIpc) is 2.81. The van der Waals surface area contributed by atoms with Gasteiger partial charge in [0, 0.05) is 40.2 Å². The molecule has 8 nitrogen and oxygen atoms in total. The van der Waals surface area contributed by atoms with Gasteiger partial charge in [-0.15, -0.1) is 0 Å². The van der Waals surface area contributed by atoms with E-state index >= 15 is 0 Å². The van der Waals surface area contributed by atoms with Crippen LogP contribution in [-0.4, -0.2) is 20.8 Å². The molecule has 0 aliphatic heterocycles. The number of hydrogen-bond acceptors (Lipinski definition) is 6. The lowest BCUT2D eigenvalue weighted by molar-refractivity contribution is -0.385. The van der Waals surface area contributed by atoms with Gasteiger partial charge in [-0.25, -0.2) is 9.97 Å². The number of anilines is 3. The van der Waals surface area contributed by atoms with Crippen LogP contribution >= 0.6 is 0 Å². The number of aryl methyl sites for hydroxylation is 1. The summed E-state index contributed by atoms with van der Waals surface area (Å²) in [4.78, 5) is 31.5. The molecule has 0 fully saturated rings. The Balaban J connectivity index is 1.43. The second-order valence-corrected chi connectivity index (χ2v) is 7.07. The van der Waals surface area contributed by atoms with Gasteiger partial charge in [0.1, 0.15) is 12.1 Å². The number of benzene rings is 3. The molecule has 0 radical (unpaired) electrons. The number of nitro groups is 1. The number of amides is 1. The van der Waals surface area contributed by atoms with Crippen molar-refractivity contribution in [3.05, 3.63) is 106 Å². The summed E-state index contributed by atoms with van der Waals surface area (Å²) in [6.45, 7) is 1.60. The third kappa shape index (κ3) is 4.76. The van der Waals surface area contributed by atoms with Crippen molar-refractivity contribution in [2.24, 2.45) is 0 Å². The van der Waals surface area contributed by atoms with Gasteiger partial charge in [-0.1, -0.05) is 30.3 Å². The molecule has 1 aromatic heterocycles. The SMILES string of the molecule is Cc1cc(C(=O)Nc2ccc(Nc3cc(-c4ccccc4)ncn3)cc2)ccc1[N+](=O)[O-]. The monoisotopic (exact) mass is 425 g/mol. The lowest BCUT2D eigenvalue weighted by atomic mass is 10.1. The second kappa shape index (κ2) is 9.05. The molecular formula is C24H19N5O3. The van der Waals surface area contributed by atoms with Gasteiger partial charge >= 0.3 is 0 Å². The van der Waals surface area contributed by atoms with E-state index in [0.29, 0.717) is 22.6 Å². The minimum absolute atomic E-state index is 0.0166. The van der Waals surface area contributed by atoms with Crippen molar-refractivity contribution in [2.45, 2.75) is 6.92 Å². The molecule has 0 saturated heterocycles. The van der Waals surface area contributed by atoms with Gasteiger partial charge in [-0.3, -0.25) is 14.9 Å². The molecule has 3 aromatic carbocycles. The first-order chi connectivity index (χ1) is 15.5. The van der Waals surface area contributed by atoms with E-state index in [4.69, 9.17) is 0 Å². The summed E-state index contributed by atoms with van der Waals surface area (Å²) in [5, 5.41) is 17.0. The minimum Gasteiger partial charge on any atom is -0.340 e. The minimum atomic E-state index is -0.469. The van der Waals surface area contributed by atoms with E-state index in [1.165, 1.54) is 24.5 Å². The maximum absolute atomic E-state index is 12.5. The van der Waals surface area contributed by atoms with Gasteiger partial charge < -0.3 is 10.6 Å². The summed E-state index contributed by atoms with van der Waals surface area (Å²) in [5.41, 5.74) is 3.97. The number of carbonyl (C=O) groups is 1. The normalized spacial score (nSPS) is 10.4. The van der Waals surface area contributed by atoms with Gasteiger partial charge in [0.05, 0.1) is 10.6 Å². The van der Waals surface area contributed by atoms with Crippen molar-refractivity contribution >= 4 is 28.8 Å². The summed E-state index contributed by atoms with van der Waals surface area (Å²) >= 11 is 0. The molecule has 0 unspecified atom stereocenters. The molecule has 0 bridgehead atoms. The highest BCUT2D eigenvalue weighted by Crippen LogP contribution is 2.23. The maximum Gasteiger partial charge on any atom is 0.272 e. The van der Waals surface area contributed by atoms with E-state index in [1.54, 1.807) is 19.1 Å². The number of nitro benzene ring substituents is 1. The van der Waals surface area contributed by atoms with Gasteiger partial charge in [0.25, 0.3) is 11.6 Å². The predicted octanol–water partition coefficient (Wildman–Crippen LogP) is 5.36. The van der Waals surface area contributed by atoms with Crippen LogP contribution in [-0.2, 0) is 0 Å². The van der Waals surface area contributed by atoms with Gasteiger partial charge in [0.2, 0.25) is 0 Å². The Bertz CT molecular complexity index is 1270. The lowest BCUT2D eigenvalue weighted by Crippen LogP contribution is -2.12. The summed E-state index contributed by atoms with van der Waals surface area (Å²) in [7, 11) is 0. The number of hydrogen-bond donors (Lipinski definition) is 2. The molecule has 2 N–H and O–H groups in total. The van der Waals surface area contributed by atoms with Crippen LogP contribution in [0.25, 0.3) is 11.3 Å². The maximum atomic E-state index is 12.5. The number of aromatic nitrogens is 2. The van der Waals surface area contributed by atoms with Crippen LogP contribution < -0.4 is 10.6 Å². The number of nitrogens with zero attached hydrogens (tertiary/aromatic N) is 3. The second-order valence-electron chi connectivity index (χ2n) is 7.07. The largest absolute Gasteiger partial charge is 0.340 e. The molecule has 32 heavy (non-hydrogen) atoms. The smallest absolute Gasteiger partial charge is 0.272 e. The van der Waals surface area contributed by atoms with E-state index in [1.807, 2.05) is 48.5 Å². The van der Waals surface area contributed by atoms with Gasteiger partial charge in [-0.2, -0.15) is 0 Å². The summed E-state index contributed by atoms with van der Waals surface area (Å²) in [6, 6.07) is 23.1. The first kappa shape index (κ1) is 20.7. The highest BCUT2D eigenvalue weighted by atomic mass is 16.6. The number of nitrogens with one attached hydrogen (secondary N) is 2. The van der Waals surface area contributed by atoms with E-state index < -0.39 is 4.92 Å². The third-order valence-corrected chi connectivity index (χ3v) is 4.81. The fourth-order valence-electron chi connectivity index (χ4n) is 3.18. The molecule has 4 aromatic rings. The molecular weight excluding hydrogens is 406 g/mol. The van der Waals surface area contributed by atoms with Crippen molar-refractivity contribution in [3.8, 4) is 11.3 Å². The molecule has 158 valence electrons. The molecule has 0 atom stereocenters. The van der Waals surface area contributed by atoms with Crippen LogP contribution in [0.15, 0.2) is 85.2 Å². The van der Waals surface area contributed by atoms with Crippen molar-refractivity contribution in [1.29, 1.82) is 0 Å². The topological polar surface area (TPSA) is 110 Å². The Hall–Kier alpha value is -4.59. The molecule has 0 saturated carbocycles. The fraction of sp³-hybridized carbons (Fsp3) is 0.0417. The van der Waals surface area contributed by atoms with E-state index in [2.05, 4.69) is 20.6 Å². The molecule has 8 heteroatoms. The first-order valence-corrected chi connectivity index (χ1v) is 9.80. The fourth-order valence-corrected chi connectivity index (χ4v) is 3.18. The Labute approximate surface area is 184 Å². The molecule has 1 heterocycles. The Morgan fingerprint density at radius 2 is 1.62 bits per heavy atom. The summed E-state index contributed by atoms with van der Waals surface area (Å²) in [5.74, 6) is 0.309. The first-order valence-electron chi connectivity index (χ1n) is 9.80. The highest BCUT2D eigenvalue weighted by Gasteiger charge is 2.14. The zero-order valence-electron chi connectivity index (χ0n) is 17.1. The van der Waals surface area contributed by atoms with Crippen molar-refractivity contribution in [3.63, 3.8) is 0 Å². The number of carbonyl (C=O) groups excluding carboxylic acids is 1. The molecule has 0 aliphatic carbocycles. The lowest BCUT2D eigenvalue weighted by Gasteiger charge is -2.09. The Morgan fingerprint density at radius 1 is 0.906 bits per heavy atom. The van der Waals surface area contributed by atoms with Gasteiger partial charge in [-0.05, 0) is 43.3 Å². The van der Waals surface area contributed by atoms with Crippen LogP contribution in [0.2, 0.25) is 0 Å². The molecule has 0 spiro atoms. The van der Waals surface area contributed by atoms with E-state index in [-0.39, 0.29) is 11.6 Å². The van der Waals surface area contributed by atoms with E-state index in [0.717, 1.165) is 16.9 Å². The van der Waals surface area contributed by atoms with Crippen LogP contribution in [0.5, 0.6) is 0 Å². The predicted molar refractivity (Wildman–Crippen MR) is 123 cm³/mol. The standard InChI is InChI=1S/C24H19N5O3/c1-16-13-18(7-12-22(16)29(31)32)24(30)28-20-10-8-19(9-11-20)27-23-14-21(25-15-26-23)17-5-3-2-4-6-17/h2-15H,1H3,(H,28,30)(H,25,26,27). The van der Waals surface area contributed by atoms with Crippen molar-refractivity contribution in [2.75, 3.05) is 10.6 Å². The zero-order chi connectivity index (χ0) is 22.5. The quantitative estimate of drug-likeness (QED) is 0.318. The molecule has 0 aliphatic rings. The number of rotatable bonds is 6. The Kier molecular flexibility index (Phi) is 5.85. The summed E-state index contributed by atoms with van der Waals surface area (Å²) < 4.78 is 0.